The van der Waals surface area contributed by atoms with E-state index < -0.39 is 15.7 Å². The number of aromatic nitrogens is 2. The molecule has 1 heterocycles. The lowest BCUT2D eigenvalue weighted by Gasteiger charge is -2.09. The second-order valence-electron chi connectivity index (χ2n) is 7.88. The Kier molecular flexibility index (Phi) is 9.41. The Bertz CT molecular complexity index is 1380. The van der Waals surface area contributed by atoms with E-state index in [1.165, 1.54) is 6.08 Å². The number of para-hydroxylation sites is 1. The number of hydrogen-bond acceptors (Lipinski definition) is 9. The summed E-state index contributed by atoms with van der Waals surface area (Å²) in [5.41, 5.74) is 0.414. The van der Waals surface area contributed by atoms with Crippen molar-refractivity contribution < 1.29 is 22.7 Å². The Labute approximate surface area is 218 Å². The number of sulfone groups is 1. The molecule has 0 aliphatic rings. The molecule has 0 aliphatic heterocycles. The molecule has 0 spiro atoms. The molecule has 188 valence electrons. The maximum absolute atomic E-state index is 12.5. The van der Waals surface area contributed by atoms with E-state index in [4.69, 9.17) is 21.1 Å². The molecule has 36 heavy (non-hydrogen) atoms. The van der Waals surface area contributed by atoms with E-state index in [2.05, 4.69) is 14.7 Å². The first kappa shape index (κ1) is 27.1. The van der Waals surface area contributed by atoms with Crippen LogP contribution in [0.4, 0.5) is 5.13 Å². The molecule has 0 aliphatic carbocycles. The maximum atomic E-state index is 12.5. The van der Waals surface area contributed by atoms with E-state index in [0.29, 0.717) is 35.3 Å². The molecule has 12 heteroatoms. The van der Waals surface area contributed by atoms with Crippen molar-refractivity contribution in [1.29, 1.82) is 5.26 Å². The van der Waals surface area contributed by atoms with Gasteiger partial charge in [0.15, 0.2) is 0 Å². The maximum Gasteiger partial charge on any atom is 0.268 e. The summed E-state index contributed by atoms with van der Waals surface area (Å²) in [5, 5.41) is 12.0. The van der Waals surface area contributed by atoms with Crippen LogP contribution >= 0.6 is 23.1 Å². The number of nitriles is 1. The molecule has 1 N–H and O–H groups in total. The van der Waals surface area contributed by atoms with Crippen molar-refractivity contribution in [2.24, 2.45) is 5.92 Å². The van der Waals surface area contributed by atoms with Crippen LogP contribution in [0.1, 0.15) is 19.4 Å². The topological polar surface area (TPSA) is 131 Å². The van der Waals surface area contributed by atoms with Gasteiger partial charge in [-0.15, -0.1) is 0 Å². The largest absolute Gasteiger partial charge is 0.490 e. The van der Waals surface area contributed by atoms with E-state index in [-0.39, 0.29) is 27.5 Å². The number of carbonyl (C=O) groups excluding carboxylic acids is 1. The van der Waals surface area contributed by atoms with E-state index in [1.807, 2.05) is 18.2 Å². The average Bonchev–Trinajstić information content (AvgIpc) is 3.31. The van der Waals surface area contributed by atoms with Crippen molar-refractivity contribution in [3.8, 4) is 17.6 Å². The monoisotopic (exact) mass is 546 g/mol. The Balaban J connectivity index is 1.56. The van der Waals surface area contributed by atoms with Crippen LogP contribution in [-0.2, 0) is 14.6 Å². The number of ether oxygens (including phenoxy) is 2. The number of halogens is 1. The first-order valence-corrected chi connectivity index (χ1v) is 13.6. The van der Waals surface area contributed by atoms with Gasteiger partial charge in [-0.2, -0.15) is 14.6 Å². The van der Waals surface area contributed by atoms with Crippen LogP contribution in [0.2, 0.25) is 5.02 Å². The van der Waals surface area contributed by atoms with Crippen LogP contribution in [0.3, 0.4) is 0 Å². The third-order valence-electron chi connectivity index (χ3n) is 4.46. The molecule has 2 aromatic carbocycles. The van der Waals surface area contributed by atoms with Crippen molar-refractivity contribution in [2.75, 3.05) is 24.3 Å². The molecule has 0 radical (unpaired) electrons. The molecule has 1 aromatic heterocycles. The Morgan fingerprint density at radius 2 is 1.86 bits per heavy atom. The zero-order chi connectivity index (χ0) is 26.1. The van der Waals surface area contributed by atoms with Crippen LogP contribution in [0.5, 0.6) is 11.5 Å². The minimum Gasteiger partial charge on any atom is -0.490 e. The van der Waals surface area contributed by atoms with Crippen LogP contribution in [0.15, 0.2) is 59.3 Å². The van der Waals surface area contributed by atoms with Crippen molar-refractivity contribution in [3.05, 3.63) is 64.7 Å². The van der Waals surface area contributed by atoms with Gasteiger partial charge in [0, 0.05) is 11.5 Å². The fourth-order valence-corrected chi connectivity index (χ4v) is 5.46. The molecule has 0 bridgehead atoms. The standard InChI is InChI=1S/C24H23ClN4O5S2/c1-16(2)15-36(31,32)24-28-23(35-29-24)27-22(30)18(14-26)13-17-7-9-19(10-8-17)33-11-12-34-21-6-4-3-5-20(21)25/h3-10,13,16H,11-12,15H2,1-2H3,(H,27,28,29,30). The Hall–Kier alpha value is -3.46. The van der Waals surface area contributed by atoms with E-state index in [0.717, 1.165) is 11.5 Å². The third kappa shape index (κ3) is 7.78. The van der Waals surface area contributed by atoms with Crippen LogP contribution < -0.4 is 14.8 Å². The lowest BCUT2D eigenvalue weighted by molar-refractivity contribution is -0.112. The molecule has 3 aromatic rings. The zero-order valence-electron chi connectivity index (χ0n) is 19.5. The van der Waals surface area contributed by atoms with E-state index >= 15 is 0 Å². The number of nitrogens with one attached hydrogen (secondary N) is 1. The van der Waals surface area contributed by atoms with E-state index in [9.17, 15) is 18.5 Å². The highest BCUT2D eigenvalue weighted by molar-refractivity contribution is 7.91. The van der Waals surface area contributed by atoms with Gasteiger partial charge in [-0.25, -0.2) is 8.42 Å². The highest BCUT2D eigenvalue weighted by Gasteiger charge is 2.23. The molecule has 0 saturated carbocycles. The quantitative estimate of drug-likeness (QED) is 0.209. The van der Waals surface area contributed by atoms with Crippen molar-refractivity contribution in [2.45, 2.75) is 19.0 Å². The second kappa shape index (κ2) is 12.5. The number of carbonyl (C=O) groups is 1. The van der Waals surface area contributed by atoms with Crippen LogP contribution in [0.25, 0.3) is 6.08 Å². The van der Waals surface area contributed by atoms with Gasteiger partial charge in [0.2, 0.25) is 15.0 Å². The van der Waals surface area contributed by atoms with Gasteiger partial charge in [-0.05, 0) is 41.8 Å². The number of anilines is 1. The SMILES string of the molecule is CC(C)CS(=O)(=O)c1nsc(NC(=O)C(C#N)=Cc2ccc(OCCOc3ccccc3Cl)cc2)n1. The van der Waals surface area contributed by atoms with Crippen molar-refractivity contribution >= 4 is 50.1 Å². The van der Waals surface area contributed by atoms with Gasteiger partial charge < -0.3 is 9.47 Å². The van der Waals surface area contributed by atoms with Crippen molar-refractivity contribution in [1.82, 2.24) is 9.36 Å². The van der Waals surface area contributed by atoms with Gasteiger partial charge in [0.1, 0.15) is 36.4 Å². The van der Waals surface area contributed by atoms with Crippen LogP contribution in [0, 0.1) is 17.2 Å². The fraction of sp³-hybridized carbons (Fsp3) is 0.250. The number of rotatable bonds is 11. The lowest BCUT2D eigenvalue weighted by atomic mass is 10.1. The minimum atomic E-state index is -3.65. The molecule has 1 amide bonds. The number of hydrogen-bond donors (Lipinski definition) is 1. The first-order valence-electron chi connectivity index (χ1n) is 10.8. The summed E-state index contributed by atoms with van der Waals surface area (Å²) in [6.45, 7) is 4.14. The average molecular weight is 547 g/mol. The molecule has 9 nitrogen and oxygen atoms in total. The molecule has 0 fully saturated rings. The van der Waals surface area contributed by atoms with Gasteiger partial charge >= 0.3 is 0 Å². The normalized spacial score (nSPS) is 11.7. The molecule has 0 saturated heterocycles. The summed E-state index contributed by atoms with van der Waals surface area (Å²) in [6.07, 6.45) is 1.40. The Morgan fingerprint density at radius 1 is 1.17 bits per heavy atom. The van der Waals surface area contributed by atoms with Gasteiger partial charge in [0.05, 0.1) is 10.8 Å². The summed E-state index contributed by atoms with van der Waals surface area (Å²) in [6, 6.07) is 15.8. The fourth-order valence-electron chi connectivity index (χ4n) is 2.91. The van der Waals surface area contributed by atoms with Crippen molar-refractivity contribution in [3.63, 3.8) is 0 Å². The molecule has 3 rings (SSSR count). The molecule has 0 atom stereocenters. The Morgan fingerprint density at radius 3 is 2.53 bits per heavy atom. The molecular weight excluding hydrogens is 524 g/mol. The van der Waals surface area contributed by atoms with Gasteiger partial charge in [-0.1, -0.05) is 49.7 Å². The highest BCUT2D eigenvalue weighted by atomic mass is 35.5. The summed E-state index contributed by atoms with van der Waals surface area (Å²) < 4.78 is 39.5. The number of benzene rings is 2. The van der Waals surface area contributed by atoms with Crippen LogP contribution in [-0.4, -0.2) is 42.6 Å². The molecular formula is C24H23ClN4O5S2. The highest BCUT2D eigenvalue weighted by Crippen LogP contribution is 2.23. The lowest BCUT2D eigenvalue weighted by Crippen LogP contribution is -2.15. The number of amides is 1. The van der Waals surface area contributed by atoms with Gasteiger partial charge in [-0.3, -0.25) is 10.1 Å². The minimum absolute atomic E-state index is 0.00811. The molecule has 0 unspecified atom stereocenters. The zero-order valence-corrected chi connectivity index (χ0v) is 21.9. The second-order valence-corrected chi connectivity index (χ2v) is 11.0. The smallest absolute Gasteiger partial charge is 0.268 e. The first-order chi connectivity index (χ1) is 17.2. The summed E-state index contributed by atoms with van der Waals surface area (Å²) >= 11 is 6.77. The summed E-state index contributed by atoms with van der Waals surface area (Å²) in [7, 11) is -3.65. The third-order valence-corrected chi connectivity index (χ3v) is 7.36. The summed E-state index contributed by atoms with van der Waals surface area (Å²) in [5.74, 6) is 0.241. The number of nitrogens with zero attached hydrogens (tertiary/aromatic N) is 3. The van der Waals surface area contributed by atoms with Gasteiger partial charge in [0.25, 0.3) is 11.1 Å². The summed E-state index contributed by atoms with van der Waals surface area (Å²) in [4.78, 5) is 16.4. The van der Waals surface area contributed by atoms with E-state index in [1.54, 1.807) is 50.2 Å². The predicted molar refractivity (Wildman–Crippen MR) is 138 cm³/mol. The predicted octanol–water partition coefficient (Wildman–Crippen LogP) is 4.62.